The Morgan fingerprint density at radius 1 is 1.29 bits per heavy atom. The molecule has 118 valence electrons. The fraction of sp³-hybridized carbons (Fsp3) is 0.625. The Labute approximate surface area is 128 Å². The lowest BCUT2D eigenvalue weighted by Gasteiger charge is -2.36. The van der Waals surface area contributed by atoms with Crippen LogP contribution in [0.25, 0.3) is 0 Å². The van der Waals surface area contributed by atoms with E-state index in [1.165, 1.54) is 17.4 Å². The summed E-state index contributed by atoms with van der Waals surface area (Å²) in [6, 6.07) is 8.97. The van der Waals surface area contributed by atoms with Crippen molar-refractivity contribution in [1.82, 2.24) is 9.62 Å². The Bertz CT molecular complexity index is 563. The summed E-state index contributed by atoms with van der Waals surface area (Å²) in [4.78, 5) is 2.50. The first kappa shape index (κ1) is 16.5. The Morgan fingerprint density at radius 3 is 2.48 bits per heavy atom. The van der Waals surface area contributed by atoms with E-state index in [4.69, 9.17) is 0 Å². The average molecular weight is 310 g/mol. The third-order valence-electron chi connectivity index (χ3n) is 4.47. The van der Waals surface area contributed by atoms with Crippen molar-refractivity contribution < 1.29 is 8.42 Å². The monoisotopic (exact) mass is 310 g/mol. The van der Waals surface area contributed by atoms with E-state index in [9.17, 15) is 8.42 Å². The van der Waals surface area contributed by atoms with Crippen molar-refractivity contribution in [2.45, 2.75) is 32.7 Å². The van der Waals surface area contributed by atoms with Gasteiger partial charge in [-0.25, -0.2) is 13.1 Å². The van der Waals surface area contributed by atoms with E-state index in [2.05, 4.69) is 47.7 Å². The van der Waals surface area contributed by atoms with Gasteiger partial charge in [-0.15, -0.1) is 0 Å². The number of nitrogens with zero attached hydrogens (tertiary/aromatic N) is 1. The maximum atomic E-state index is 11.1. The van der Waals surface area contributed by atoms with Gasteiger partial charge in [0.2, 0.25) is 10.0 Å². The Balaban J connectivity index is 1.88. The topological polar surface area (TPSA) is 49.4 Å². The predicted molar refractivity (Wildman–Crippen MR) is 86.7 cm³/mol. The molecule has 0 saturated carbocycles. The summed E-state index contributed by atoms with van der Waals surface area (Å²) < 4.78 is 24.9. The zero-order valence-electron chi connectivity index (χ0n) is 13.2. The maximum absolute atomic E-state index is 11.1. The van der Waals surface area contributed by atoms with Gasteiger partial charge in [-0.2, -0.15) is 0 Å². The molecule has 1 N–H and O–H groups in total. The molecule has 0 radical (unpaired) electrons. The highest BCUT2D eigenvalue weighted by atomic mass is 32.2. The van der Waals surface area contributed by atoms with Gasteiger partial charge in [0.1, 0.15) is 0 Å². The lowest BCUT2D eigenvalue weighted by molar-refractivity contribution is 0.142. The number of aryl methyl sites for hydroxylation is 1. The van der Waals surface area contributed by atoms with Gasteiger partial charge < -0.3 is 0 Å². The molecule has 1 unspecified atom stereocenters. The number of hydrogen-bond donors (Lipinski definition) is 1. The third kappa shape index (κ3) is 4.80. The first-order chi connectivity index (χ1) is 9.87. The van der Waals surface area contributed by atoms with Gasteiger partial charge in [0.15, 0.2) is 0 Å². The summed E-state index contributed by atoms with van der Waals surface area (Å²) in [6.45, 7) is 7.06. The first-order valence-electron chi connectivity index (χ1n) is 7.61. The lowest BCUT2D eigenvalue weighted by atomic mass is 9.94. The molecule has 1 heterocycles. The van der Waals surface area contributed by atoms with Crippen molar-refractivity contribution in [3.05, 3.63) is 35.4 Å². The van der Waals surface area contributed by atoms with Crippen LogP contribution in [-0.4, -0.2) is 39.2 Å². The van der Waals surface area contributed by atoms with E-state index in [1.807, 2.05) is 0 Å². The van der Waals surface area contributed by atoms with Crippen LogP contribution in [0.5, 0.6) is 0 Å². The van der Waals surface area contributed by atoms with Crippen molar-refractivity contribution in [3.63, 3.8) is 0 Å². The summed E-state index contributed by atoms with van der Waals surface area (Å²) in [5.41, 5.74) is 2.73. The van der Waals surface area contributed by atoms with Gasteiger partial charge in [-0.3, -0.25) is 4.90 Å². The molecular formula is C16H26N2O2S. The van der Waals surface area contributed by atoms with Crippen molar-refractivity contribution in [2.75, 3.05) is 25.9 Å². The second-order valence-corrected chi connectivity index (χ2v) is 7.97. The summed E-state index contributed by atoms with van der Waals surface area (Å²) in [5, 5.41) is 0. The summed E-state index contributed by atoms with van der Waals surface area (Å²) in [7, 11) is -3.07. The molecule has 1 aromatic carbocycles. The maximum Gasteiger partial charge on any atom is 0.208 e. The zero-order valence-corrected chi connectivity index (χ0v) is 14.0. The van der Waals surface area contributed by atoms with E-state index < -0.39 is 10.0 Å². The van der Waals surface area contributed by atoms with Gasteiger partial charge in [0.25, 0.3) is 0 Å². The zero-order chi connectivity index (χ0) is 15.5. The molecule has 1 aliphatic rings. The Morgan fingerprint density at radius 2 is 1.90 bits per heavy atom. The Kier molecular flexibility index (Phi) is 5.41. The largest absolute Gasteiger partial charge is 0.297 e. The molecule has 1 aliphatic heterocycles. The fourth-order valence-corrected chi connectivity index (χ4v) is 3.60. The van der Waals surface area contributed by atoms with Gasteiger partial charge in [-0.05, 0) is 56.8 Å². The van der Waals surface area contributed by atoms with Crippen LogP contribution in [0.2, 0.25) is 0 Å². The van der Waals surface area contributed by atoms with Gasteiger partial charge in [0, 0.05) is 12.6 Å². The van der Waals surface area contributed by atoms with Crippen molar-refractivity contribution >= 4 is 10.0 Å². The second-order valence-electron chi connectivity index (χ2n) is 6.13. The van der Waals surface area contributed by atoms with Crippen LogP contribution in [0.1, 0.15) is 36.9 Å². The molecule has 2 rings (SSSR count). The number of benzene rings is 1. The second kappa shape index (κ2) is 6.90. The molecule has 21 heavy (non-hydrogen) atoms. The number of rotatable bonds is 5. The van der Waals surface area contributed by atoms with Crippen molar-refractivity contribution in [1.29, 1.82) is 0 Å². The normalized spacial score (nSPS) is 19.6. The molecule has 0 aliphatic carbocycles. The van der Waals surface area contributed by atoms with Crippen LogP contribution in [0.4, 0.5) is 0 Å². The minimum absolute atomic E-state index is 0.426. The van der Waals surface area contributed by atoms with Crippen LogP contribution in [0.15, 0.2) is 24.3 Å². The first-order valence-corrected chi connectivity index (χ1v) is 9.50. The smallest absolute Gasteiger partial charge is 0.208 e. The van der Waals surface area contributed by atoms with E-state index in [1.54, 1.807) is 0 Å². The molecule has 1 fully saturated rings. The van der Waals surface area contributed by atoms with Crippen molar-refractivity contribution in [3.8, 4) is 0 Å². The average Bonchev–Trinajstić information content (AvgIpc) is 2.45. The predicted octanol–water partition coefficient (Wildman–Crippen LogP) is 2.32. The summed E-state index contributed by atoms with van der Waals surface area (Å²) in [6.07, 6.45) is 3.33. The number of likely N-dealkylation sites (tertiary alicyclic amines) is 1. The standard InChI is InChI=1S/C16H26N2O2S/c1-13-6-4-5-7-16(13)14(2)18-10-8-15(9-11-18)12-17-21(3,19)20/h4-7,14-15,17H,8-12H2,1-3H3. The minimum Gasteiger partial charge on any atom is -0.297 e. The van der Waals surface area contributed by atoms with E-state index in [0.29, 0.717) is 18.5 Å². The molecule has 0 aromatic heterocycles. The van der Waals surface area contributed by atoms with Crippen LogP contribution < -0.4 is 4.72 Å². The molecule has 1 saturated heterocycles. The highest BCUT2D eigenvalue weighted by Crippen LogP contribution is 2.28. The molecule has 1 aromatic rings. The molecule has 1 atom stereocenters. The molecule has 0 amide bonds. The van der Waals surface area contributed by atoms with E-state index in [0.717, 1.165) is 25.9 Å². The van der Waals surface area contributed by atoms with E-state index >= 15 is 0 Å². The van der Waals surface area contributed by atoms with Crippen LogP contribution in [0, 0.1) is 12.8 Å². The van der Waals surface area contributed by atoms with E-state index in [-0.39, 0.29) is 0 Å². The minimum atomic E-state index is -3.07. The molecular weight excluding hydrogens is 284 g/mol. The van der Waals surface area contributed by atoms with Crippen LogP contribution in [0.3, 0.4) is 0 Å². The van der Waals surface area contributed by atoms with Gasteiger partial charge in [-0.1, -0.05) is 24.3 Å². The van der Waals surface area contributed by atoms with Gasteiger partial charge >= 0.3 is 0 Å². The quantitative estimate of drug-likeness (QED) is 0.908. The van der Waals surface area contributed by atoms with Crippen molar-refractivity contribution in [2.24, 2.45) is 5.92 Å². The fourth-order valence-electron chi connectivity index (χ4n) is 3.07. The summed E-state index contributed by atoms with van der Waals surface area (Å²) >= 11 is 0. The lowest BCUT2D eigenvalue weighted by Crippen LogP contribution is -2.39. The Hall–Kier alpha value is -0.910. The van der Waals surface area contributed by atoms with Crippen LogP contribution >= 0.6 is 0 Å². The third-order valence-corrected chi connectivity index (χ3v) is 5.16. The summed E-state index contributed by atoms with van der Waals surface area (Å²) in [5.74, 6) is 0.458. The molecule has 5 heteroatoms. The number of piperidine rings is 1. The van der Waals surface area contributed by atoms with Gasteiger partial charge in [0.05, 0.1) is 6.26 Å². The number of nitrogens with one attached hydrogen (secondary N) is 1. The highest BCUT2D eigenvalue weighted by Gasteiger charge is 2.24. The SMILES string of the molecule is Cc1ccccc1C(C)N1CCC(CNS(C)(=O)=O)CC1. The van der Waals surface area contributed by atoms with Crippen LogP contribution in [-0.2, 0) is 10.0 Å². The molecule has 4 nitrogen and oxygen atoms in total. The highest BCUT2D eigenvalue weighted by molar-refractivity contribution is 7.88. The molecule has 0 spiro atoms. The number of hydrogen-bond acceptors (Lipinski definition) is 3. The number of sulfonamides is 1. The molecule has 0 bridgehead atoms.